The van der Waals surface area contributed by atoms with E-state index < -0.39 is 0 Å². The maximum absolute atomic E-state index is 4.65. The monoisotopic (exact) mass is 347 g/mol. The van der Waals surface area contributed by atoms with Crippen LogP contribution in [0.2, 0.25) is 0 Å². The Hall–Kier alpha value is -2.95. The van der Waals surface area contributed by atoms with E-state index in [0.717, 1.165) is 29.3 Å². The topological polar surface area (TPSA) is 62.7 Å². The Morgan fingerprint density at radius 2 is 1.85 bits per heavy atom. The van der Waals surface area contributed by atoms with Crippen LogP contribution in [0.15, 0.2) is 48.7 Å². The first-order chi connectivity index (χ1) is 12.5. The number of benzene rings is 1. The smallest absolute Gasteiger partial charge is 0.225 e. The Kier molecular flexibility index (Phi) is 5.46. The summed E-state index contributed by atoms with van der Waals surface area (Å²) in [6, 6.07) is 14.4. The fourth-order valence-corrected chi connectivity index (χ4v) is 2.55. The van der Waals surface area contributed by atoms with Gasteiger partial charge < -0.3 is 10.6 Å². The number of aryl methyl sites for hydroxylation is 2. The molecule has 0 bridgehead atoms. The highest BCUT2D eigenvalue weighted by Crippen LogP contribution is 2.25. The highest BCUT2D eigenvalue weighted by Gasteiger charge is 2.10. The summed E-state index contributed by atoms with van der Waals surface area (Å²) < 4.78 is 0. The third-order valence-corrected chi connectivity index (χ3v) is 4.30. The van der Waals surface area contributed by atoms with Crippen LogP contribution in [-0.2, 0) is 0 Å². The molecule has 26 heavy (non-hydrogen) atoms. The predicted molar refractivity (Wildman–Crippen MR) is 108 cm³/mol. The standard InChI is InChI=1S/C21H25N5/c1-5-16(4)23-21-25-19(17-8-6-7-11-22-17)13-20(26-21)24-18-12-14(2)9-10-15(18)3/h6-13,16H,5H2,1-4H3,(H2,23,24,25,26)/t16-/m0/s1. The summed E-state index contributed by atoms with van der Waals surface area (Å²) in [7, 11) is 0. The normalized spacial score (nSPS) is 11.8. The lowest BCUT2D eigenvalue weighted by Crippen LogP contribution is -2.16. The first-order valence-electron chi connectivity index (χ1n) is 8.96. The van der Waals surface area contributed by atoms with Crippen molar-refractivity contribution in [3.05, 3.63) is 59.8 Å². The summed E-state index contributed by atoms with van der Waals surface area (Å²) in [4.78, 5) is 13.7. The summed E-state index contributed by atoms with van der Waals surface area (Å²) in [6.07, 6.45) is 2.77. The number of hydrogen-bond acceptors (Lipinski definition) is 5. The zero-order chi connectivity index (χ0) is 18.5. The highest BCUT2D eigenvalue weighted by molar-refractivity contribution is 5.67. The molecule has 0 saturated heterocycles. The Labute approximate surface area is 154 Å². The molecule has 134 valence electrons. The first kappa shape index (κ1) is 17.9. The van der Waals surface area contributed by atoms with E-state index in [-0.39, 0.29) is 0 Å². The van der Waals surface area contributed by atoms with Crippen molar-refractivity contribution in [3.63, 3.8) is 0 Å². The van der Waals surface area contributed by atoms with Gasteiger partial charge in [0.05, 0.1) is 11.4 Å². The second kappa shape index (κ2) is 7.95. The molecule has 0 aliphatic rings. The second-order valence-corrected chi connectivity index (χ2v) is 6.57. The minimum absolute atomic E-state index is 0.294. The molecule has 3 rings (SSSR count). The summed E-state index contributed by atoms with van der Waals surface area (Å²) in [5.74, 6) is 1.36. The van der Waals surface area contributed by atoms with Crippen molar-refractivity contribution in [2.45, 2.75) is 40.2 Å². The van der Waals surface area contributed by atoms with Gasteiger partial charge in [0.1, 0.15) is 5.82 Å². The Balaban J connectivity index is 2.00. The molecule has 5 nitrogen and oxygen atoms in total. The first-order valence-corrected chi connectivity index (χ1v) is 8.96. The Morgan fingerprint density at radius 1 is 1.00 bits per heavy atom. The van der Waals surface area contributed by atoms with Gasteiger partial charge in [0, 0.05) is 24.0 Å². The molecular formula is C21H25N5. The van der Waals surface area contributed by atoms with E-state index in [9.17, 15) is 0 Å². The van der Waals surface area contributed by atoms with Crippen LogP contribution < -0.4 is 10.6 Å². The van der Waals surface area contributed by atoms with Crippen molar-refractivity contribution in [1.29, 1.82) is 0 Å². The third kappa shape index (κ3) is 4.36. The number of aromatic nitrogens is 3. The summed E-state index contributed by atoms with van der Waals surface area (Å²) >= 11 is 0. The van der Waals surface area contributed by atoms with Crippen LogP contribution in [0.4, 0.5) is 17.5 Å². The zero-order valence-corrected chi connectivity index (χ0v) is 15.7. The molecule has 2 N–H and O–H groups in total. The summed E-state index contributed by atoms with van der Waals surface area (Å²) in [5.41, 5.74) is 5.04. The lowest BCUT2D eigenvalue weighted by atomic mass is 10.1. The molecule has 2 aromatic heterocycles. The third-order valence-electron chi connectivity index (χ3n) is 4.30. The molecule has 0 amide bonds. The van der Waals surface area contributed by atoms with E-state index in [1.165, 1.54) is 11.1 Å². The molecule has 0 aliphatic heterocycles. The Bertz CT molecular complexity index is 877. The number of nitrogens with one attached hydrogen (secondary N) is 2. The van der Waals surface area contributed by atoms with Gasteiger partial charge in [0.2, 0.25) is 5.95 Å². The molecular weight excluding hydrogens is 322 g/mol. The van der Waals surface area contributed by atoms with Crippen molar-refractivity contribution in [2.75, 3.05) is 10.6 Å². The van der Waals surface area contributed by atoms with Crippen molar-refractivity contribution < 1.29 is 0 Å². The van der Waals surface area contributed by atoms with Crippen LogP contribution >= 0.6 is 0 Å². The number of anilines is 3. The molecule has 1 atom stereocenters. The van der Waals surface area contributed by atoms with E-state index in [1.54, 1.807) is 6.20 Å². The van der Waals surface area contributed by atoms with Crippen LogP contribution in [0.1, 0.15) is 31.4 Å². The minimum Gasteiger partial charge on any atom is -0.352 e. The fourth-order valence-electron chi connectivity index (χ4n) is 2.55. The van der Waals surface area contributed by atoms with Crippen molar-refractivity contribution in [2.24, 2.45) is 0 Å². The van der Waals surface area contributed by atoms with E-state index in [2.05, 4.69) is 71.5 Å². The number of nitrogens with zero attached hydrogens (tertiary/aromatic N) is 3. The molecule has 0 radical (unpaired) electrons. The van der Waals surface area contributed by atoms with Crippen molar-refractivity contribution >= 4 is 17.5 Å². The maximum Gasteiger partial charge on any atom is 0.225 e. The van der Waals surface area contributed by atoms with E-state index in [4.69, 9.17) is 0 Å². The average molecular weight is 347 g/mol. The minimum atomic E-state index is 0.294. The molecule has 0 spiro atoms. The number of pyridine rings is 1. The molecule has 0 saturated carbocycles. The predicted octanol–water partition coefficient (Wildman–Crippen LogP) is 5.11. The van der Waals surface area contributed by atoms with Crippen molar-refractivity contribution in [1.82, 2.24) is 15.0 Å². The average Bonchev–Trinajstić information content (AvgIpc) is 2.65. The lowest BCUT2D eigenvalue weighted by molar-refractivity contribution is 0.753. The molecule has 1 aromatic carbocycles. The van der Waals surface area contributed by atoms with Crippen LogP contribution in [0.5, 0.6) is 0 Å². The van der Waals surface area contributed by atoms with Crippen LogP contribution in [0.25, 0.3) is 11.4 Å². The molecule has 0 fully saturated rings. The fraction of sp³-hybridized carbons (Fsp3) is 0.286. The van der Waals surface area contributed by atoms with E-state index in [0.29, 0.717) is 12.0 Å². The SMILES string of the molecule is CC[C@H](C)Nc1nc(Nc2cc(C)ccc2C)cc(-c2ccccn2)n1. The molecule has 2 heterocycles. The zero-order valence-electron chi connectivity index (χ0n) is 15.7. The van der Waals surface area contributed by atoms with Crippen LogP contribution in [-0.4, -0.2) is 21.0 Å². The van der Waals surface area contributed by atoms with Gasteiger partial charge in [-0.15, -0.1) is 0 Å². The van der Waals surface area contributed by atoms with Crippen LogP contribution in [0, 0.1) is 13.8 Å². The van der Waals surface area contributed by atoms with Gasteiger partial charge in [0.25, 0.3) is 0 Å². The van der Waals surface area contributed by atoms with Gasteiger partial charge in [0.15, 0.2) is 0 Å². The number of hydrogen-bond donors (Lipinski definition) is 2. The number of rotatable bonds is 6. The van der Waals surface area contributed by atoms with Crippen LogP contribution in [0.3, 0.4) is 0 Å². The molecule has 0 unspecified atom stereocenters. The molecule has 0 aliphatic carbocycles. The maximum atomic E-state index is 4.65. The van der Waals surface area contributed by atoms with Gasteiger partial charge in [-0.25, -0.2) is 4.98 Å². The van der Waals surface area contributed by atoms with Gasteiger partial charge in [-0.1, -0.05) is 25.1 Å². The van der Waals surface area contributed by atoms with E-state index in [1.807, 2.05) is 24.3 Å². The summed E-state index contributed by atoms with van der Waals surface area (Å²) in [5, 5.41) is 6.80. The van der Waals surface area contributed by atoms with E-state index >= 15 is 0 Å². The van der Waals surface area contributed by atoms with Gasteiger partial charge >= 0.3 is 0 Å². The second-order valence-electron chi connectivity index (χ2n) is 6.57. The lowest BCUT2D eigenvalue weighted by Gasteiger charge is -2.15. The Morgan fingerprint density at radius 3 is 2.58 bits per heavy atom. The highest BCUT2D eigenvalue weighted by atomic mass is 15.2. The largest absolute Gasteiger partial charge is 0.352 e. The molecule has 5 heteroatoms. The van der Waals surface area contributed by atoms with Crippen molar-refractivity contribution in [3.8, 4) is 11.4 Å². The van der Waals surface area contributed by atoms with Gasteiger partial charge in [-0.2, -0.15) is 4.98 Å². The van der Waals surface area contributed by atoms with Gasteiger partial charge in [-0.3, -0.25) is 4.98 Å². The summed E-state index contributed by atoms with van der Waals surface area (Å²) in [6.45, 7) is 8.42. The van der Waals surface area contributed by atoms with Gasteiger partial charge in [-0.05, 0) is 56.5 Å². The quantitative estimate of drug-likeness (QED) is 0.649. The molecule has 3 aromatic rings.